The highest BCUT2D eigenvalue weighted by molar-refractivity contribution is 7.85. The van der Waals surface area contributed by atoms with Gasteiger partial charge in [0.2, 0.25) is 0 Å². The molecule has 1 heterocycles. The van der Waals surface area contributed by atoms with Gasteiger partial charge in [-0.3, -0.25) is 4.79 Å². The number of benzene rings is 1. The van der Waals surface area contributed by atoms with Gasteiger partial charge in [-0.1, -0.05) is 0 Å². The molecule has 0 saturated carbocycles. The van der Waals surface area contributed by atoms with Crippen molar-refractivity contribution in [3.63, 3.8) is 0 Å². The maximum absolute atomic E-state index is 12.4. The van der Waals surface area contributed by atoms with Crippen LogP contribution in [0.25, 0.3) is 0 Å². The van der Waals surface area contributed by atoms with Crippen LogP contribution in [0.5, 0.6) is 5.75 Å². The molecule has 0 aliphatic carbocycles. The maximum atomic E-state index is 12.4. The minimum absolute atomic E-state index is 0.198. The van der Waals surface area contributed by atoms with Crippen LogP contribution < -0.4 is 13.9 Å². The Balaban J connectivity index is 2.29. The maximum Gasteiger partial charge on any atom is 0.437 e. The van der Waals surface area contributed by atoms with Crippen LogP contribution in [0.4, 0.5) is 11.4 Å². The Kier molecular flexibility index (Phi) is 4.76. The van der Waals surface area contributed by atoms with E-state index >= 15 is 0 Å². The van der Waals surface area contributed by atoms with E-state index in [4.69, 9.17) is 4.74 Å². The van der Waals surface area contributed by atoms with Crippen molar-refractivity contribution in [3.8, 4) is 5.75 Å². The molecule has 1 aromatic heterocycles. The zero-order valence-electron chi connectivity index (χ0n) is 12.8. The van der Waals surface area contributed by atoms with Gasteiger partial charge in [-0.05, 0) is 29.6 Å². The quantitative estimate of drug-likeness (QED) is 0.633. The monoisotopic (exact) mass is 357 g/mol. The largest absolute Gasteiger partial charge is 0.497 e. The van der Waals surface area contributed by atoms with Crippen LogP contribution in [-0.4, -0.2) is 40.1 Å². The number of amides is 1. The van der Waals surface area contributed by atoms with E-state index in [1.807, 2.05) is 0 Å². The van der Waals surface area contributed by atoms with Gasteiger partial charge in [0.25, 0.3) is 5.91 Å². The van der Waals surface area contributed by atoms with E-state index in [1.54, 1.807) is 36.8 Å². The lowest BCUT2D eigenvalue weighted by atomic mass is 10.3. The van der Waals surface area contributed by atoms with Gasteiger partial charge >= 0.3 is 10.3 Å². The summed E-state index contributed by atoms with van der Waals surface area (Å²) in [6, 6.07) is 8.24. The predicted molar refractivity (Wildman–Crippen MR) is 90.5 cm³/mol. The second-order valence-electron chi connectivity index (χ2n) is 5.12. The molecule has 7 nitrogen and oxygen atoms in total. The smallest absolute Gasteiger partial charge is 0.437 e. The highest BCUT2D eigenvalue weighted by Crippen LogP contribution is 2.32. The molecule has 0 saturated heterocycles. The van der Waals surface area contributed by atoms with Crippen LogP contribution in [0.2, 0.25) is 0 Å². The molecule has 0 unspecified atom stereocenters. The third kappa shape index (κ3) is 3.53. The van der Waals surface area contributed by atoms with Gasteiger partial charge in [0.1, 0.15) is 5.75 Å². The molecular weight excluding hydrogens is 340 g/mol. The summed E-state index contributed by atoms with van der Waals surface area (Å²) in [6.07, 6.45) is 0. The summed E-state index contributed by atoms with van der Waals surface area (Å²) in [4.78, 5) is 12.6. The summed E-state index contributed by atoms with van der Waals surface area (Å²) in [5.41, 5.74) is 0.746. The first-order chi connectivity index (χ1) is 10.7. The number of carbonyl (C=O) groups is 1. The number of methoxy groups -OCH3 is 1. The summed E-state index contributed by atoms with van der Waals surface area (Å²) in [5, 5.41) is 4.29. The summed E-state index contributed by atoms with van der Waals surface area (Å²) in [5.74, 6) is 0.207. The van der Waals surface area contributed by atoms with Crippen molar-refractivity contribution in [1.29, 1.82) is 0 Å². The van der Waals surface area contributed by atoms with Gasteiger partial charge < -0.3 is 10.1 Å². The van der Waals surface area contributed by atoms with Gasteiger partial charge in [0, 0.05) is 11.8 Å². The van der Waals surface area contributed by atoms with Crippen LogP contribution in [0.15, 0.2) is 35.7 Å². The Labute approximate surface area is 138 Å². The predicted octanol–water partition coefficient (Wildman–Crippen LogP) is 2.38. The molecule has 0 radical (unpaired) electrons. The van der Waals surface area contributed by atoms with E-state index in [1.165, 1.54) is 20.2 Å². The number of hydrogen-bond acceptors (Lipinski definition) is 5. The second-order valence-corrected chi connectivity index (χ2v) is 7.84. The van der Waals surface area contributed by atoms with Crippen molar-refractivity contribution in [1.82, 2.24) is 3.89 Å². The molecule has 0 atom stereocenters. The lowest BCUT2D eigenvalue weighted by molar-refractivity contribution is 0.103. The molecule has 2 rings (SSSR count). The lowest BCUT2D eigenvalue weighted by Gasteiger charge is -2.23. The first-order valence-corrected chi connectivity index (χ1v) is 8.79. The molecule has 0 aliphatic heterocycles. The average molecular weight is 357 g/mol. The minimum Gasteiger partial charge on any atom is -0.497 e. The van der Waals surface area contributed by atoms with Crippen LogP contribution in [0.3, 0.4) is 0 Å². The number of anilines is 1. The van der Waals surface area contributed by atoms with Gasteiger partial charge in [0.05, 0.1) is 21.2 Å². The normalized spacial score (nSPS) is 12.0. The summed E-state index contributed by atoms with van der Waals surface area (Å²) in [7, 11) is -0.287. The number of carbonyl (C=O) groups excluding carboxylic acids is 1. The molecule has 2 N–H and O–H groups in total. The molecule has 23 heavy (non-hydrogen) atoms. The zero-order valence-corrected chi connectivity index (χ0v) is 14.4. The lowest BCUT2D eigenvalue weighted by Crippen LogP contribution is -2.46. The molecule has 9 heteroatoms. The number of quaternary nitrogens is 1. The third-order valence-corrected chi connectivity index (χ3v) is 5.61. The van der Waals surface area contributed by atoms with Crippen molar-refractivity contribution in [2.45, 2.75) is 0 Å². The first kappa shape index (κ1) is 17.4. The molecule has 124 valence electrons. The molecular formula is C14H17N2O5S2+. The summed E-state index contributed by atoms with van der Waals surface area (Å²) >= 11 is 1.10. The highest BCUT2D eigenvalue weighted by Gasteiger charge is 2.38. The summed E-state index contributed by atoms with van der Waals surface area (Å²) < 4.78 is 36.7. The zero-order chi connectivity index (χ0) is 17.3. The van der Waals surface area contributed by atoms with Crippen molar-refractivity contribution < 1.29 is 22.5 Å². The van der Waals surface area contributed by atoms with Crippen LogP contribution in [0.1, 0.15) is 9.67 Å². The van der Waals surface area contributed by atoms with Gasteiger partial charge in [-0.25, -0.2) is 4.55 Å². The Morgan fingerprint density at radius 3 is 2.35 bits per heavy atom. The topological polar surface area (TPSA) is 92.7 Å². The van der Waals surface area contributed by atoms with E-state index in [0.717, 1.165) is 11.3 Å². The molecule has 2 aromatic rings. The van der Waals surface area contributed by atoms with E-state index < -0.39 is 20.1 Å². The number of nitrogens with zero attached hydrogens (tertiary/aromatic N) is 1. The fourth-order valence-corrected chi connectivity index (χ4v) is 3.25. The molecule has 0 fully saturated rings. The van der Waals surface area contributed by atoms with Gasteiger partial charge in [-0.15, -0.1) is 19.8 Å². The first-order valence-electron chi connectivity index (χ1n) is 6.52. The number of nitrogens with one attached hydrogen (secondary N) is 1. The van der Waals surface area contributed by atoms with Crippen LogP contribution >= 0.6 is 11.3 Å². The van der Waals surface area contributed by atoms with E-state index in [0.29, 0.717) is 11.4 Å². The van der Waals surface area contributed by atoms with Crippen molar-refractivity contribution in [2.24, 2.45) is 0 Å². The standard InChI is InChI=1S/C14H16N2O5S2/c1-16(2,23(18,19)20)12-8-9-22-13(12)14(17)15-10-4-6-11(21-3)7-5-10/h4-9H,1-3H3,(H-,15,17,18,19,20)/p+1. The van der Waals surface area contributed by atoms with Crippen LogP contribution in [-0.2, 0) is 10.3 Å². The van der Waals surface area contributed by atoms with E-state index in [2.05, 4.69) is 5.32 Å². The summed E-state index contributed by atoms with van der Waals surface area (Å²) in [6.45, 7) is 0. The second kappa shape index (κ2) is 6.28. The van der Waals surface area contributed by atoms with Crippen molar-refractivity contribution >= 4 is 38.9 Å². The molecule has 1 amide bonds. The molecule has 1 aromatic carbocycles. The fourth-order valence-electron chi connectivity index (χ4n) is 1.88. The number of hydrogen-bond donors (Lipinski definition) is 2. The molecule has 0 bridgehead atoms. The average Bonchev–Trinajstić information content (AvgIpc) is 2.97. The van der Waals surface area contributed by atoms with Gasteiger partial charge in [-0.2, -0.15) is 3.89 Å². The van der Waals surface area contributed by atoms with Gasteiger partial charge in [0.15, 0.2) is 10.6 Å². The number of rotatable bonds is 5. The molecule has 0 aliphatic rings. The highest BCUT2D eigenvalue weighted by atomic mass is 32.2. The Morgan fingerprint density at radius 1 is 1.22 bits per heavy atom. The van der Waals surface area contributed by atoms with Crippen molar-refractivity contribution in [2.75, 3.05) is 26.5 Å². The van der Waals surface area contributed by atoms with Crippen molar-refractivity contribution in [3.05, 3.63) is 40.6 Å². The molecule has 0 spiro atoms. The van der Waals surface area contributed by atoms with E-state index in [9.17, 15) is 17.8 Å². The Bertz CT molecular complexity index is 810. The Morgan fingerprint density at radius 2 is 1.83 bits per heavy atom. The SMILES string of the molecule is COc1ccc(NC(=O)c2sccc2[N+](C)(C)S(=O)(=O)O)cc1. The number of ether oxygens (including phenoxy) is 1. The fraction of sp³-hybridized carbons (Fsp3) is 0.214. The Hall–Kier alpha value is -1.94. The number of thiophene rings is 1. The minimum atomic E-state index is -4.42. The van der Waals surface area contributed by atoms with E-state index in [-0.39, 0.29) is 10.6 Å². The van der Waals surface area contributed by atoms with Crippen LogP contribution in [0, 0.1) is 0 Å². The third-order valence-electron chi connectivity index (χ3n) is 3.36.